The molecule has 3 rings (SSSR count). The number of benzene rings is 1. The van der Waals surface area contributed by atoms with Crippen LogP contribution in [0, 0.1) is 0 Å². The number of nitrogens with two attached hydrogens (primary N) is 1. The maximum Gasteiger partial charge on any atom is 0.222 e. The molecule has 0 aliphatic heterocycles. The predicted molar refractivity (Wildman–Crippen MR) is 115 cm³/mol. The van der Waals surface area contributed by atoms with Crippen LogP contribution in [0.4, 0.5) is 11.8 Å². The van der Waals surface area contributed by atoms with E-state index in [0.29, 0.717) is 18.8 Å². The second kappa shape index (κ2) is 9.47. The van der Waals surface area contributed by atoms with E-state index >= 15 is 0 Å². The van der Waals surface area contributed by atoms with E-state index in [1.54, 1.807) is 14.2 Å². The van der Waals surface area contributed by atoms with Gasteiger partial charge in [-0.15, -0.1) is 0 Å². The Hall–Kier alpha value is -3.00. The Labute approximate surface area is 170 Å². The lowest BCUT2D eigenvalue weighted by Crippen LogP contribution is -2.22. The Morgan fingerprint density at radius 1 is 1.14 bits per heavy atom. The number of aliphatic hydroxyl groups excluding tert-OH is 1. The lowest BCUT2D eigenvalue weighted by Gasteiger charge is -2.20. The number of hydrogen-bond donors (Lipinski definition) is 3. The summed E-state index contributed by atoms with van der Waals surface area (Å²) in [4.78, 5) is 8.83. The molecule has 0 fully saturated rings. The van der Waals surface area contributed by atoms with Gasteiger partial charge in [-0.05, 0) is 31.0 Å². The molecule has 0 amide bonds. The number of ether oxygens (including phenoxy) is 2. The predicted octanol–water partition coefficient (Wildman–Crippen LogP) is 3.04. The number of aliphatic hydroxyl groups is 1. The van der Waals surface area contributed by atoms with Gasteiger partial charge in [-0.1, -0.05) is 19.4 Å². The van der Waals surface area contributed by atoms with Gasteiger partial charge in [0.1, 0.15) is 17.0 Å². The molecule has 0 saturated carbocycles. The highest BCUT2D eigenvalue weighted by Crippen LogP contribution is 2.32. The van der Waals surface area contributed by atoms with Crippen molar-refractivity contribution in [2.24, 2.45) is 0 Å². The Balaban J connectivity index is 2.05. The van der Waals surface area contributed by atoms with E-state index < -0.39 is 0 Å². The first-order valence-corrected chi connectivity index (χ1v) is 9.80. The van der Waals surface area contributed by atoms with Gasteiger partial charge in [0.15, 0.2) is 5.82 Å². The molecule has 3 aromatic rings. The summed E-state index contributed by atoms with van der Waals surface area (Å²) >= 11 is 0. The van der Waals surface area contributed by atoms with Crippen LogP contribution in [0.3, 0.4) is 0 Å². The highest BCUT2D eigenvalue weighted by Gasteiger charge is 2.17. The van der Waals surface area contributed by atoms with Gasteiger partial charge in [-0.3, -0.25) is 0 Å². The van der Waals surface area contributed by atoms with Crippen LogP contribution in [0.1, 0.15) is 31.7 Å². The second-order valence-corrected chi connectivity index (χ2v) is 6.89. The zero-order valence-corrected chi connectivity index (χ0v) is 17.2. The molecular formula is C21H29N5O3. The van der Waals surface area contributed by atoms with Gasteiger partial charge in [-0.25, -0.2) is 4.98 Å². The smallest absolute Gasteiger partial charge is 0.222 e. The number of fused-ring (bicyclic) bond motifs is 1. The van der Waals surface area contributed by atoms with Gasteiger partial charge in [0.2, 0.25) is 5.95 Å². The molecule has 8 heteroatoms. The van der Waals surface area contributed by atoms with Crippen molar-refractivity contribution in [3.05, 3.63) is 36.0 Å². The van der Waals surface area contributed by atoms with E-state index in [-0.39, 0.29) is 18.6 Å². The van der Waals surface area contributed by atoms with Crippen LogP contribution >= 0.6 is 0 Å². The highest BCUT2D eigenvalue weighted by atomic mass is 16.5. The molecule has 0 bridgehead atoms. The summed E-state index contributed by atoms with van der Waals surface area (Å²) in [6, 6.07) is 7.74. The summed E-state index contributed by atoms with van der Waals surface area (Å²) in [6.07, 6.45) is 4.52. The lowest BCUT2D eigenvalue weighted by molar-refractivity contribution is 0.276. The van der Waals surface area contributed by atoms with E-state index in [1.807, 2.05) is 30.5 Å². The van der Waals surface area contributed by atoms with Crippen molar-refractivity contribution in [3.8, 4) is 11.5 Å². The molecule has 8 nitrogen and oxygen atoms in total. The summed E-state index contributed by atoms with van der Waals surface area (Å²) in [6.45, 7) is 2.75. The van der Waals surface area contributed by atoms with E-state index in [1.165, 1.54) is 0 Å². The maximum absolute atomic E-state index is 9.40. The molecule has 0 radical (unpaired) electrons. The maximum atomic E-state index is 9.40. The first kappa shape index (κ1) is 20.7. The molecule has 0 saturated heterocycles. The minimum Gasteiger partial charge on any atom is -0.496 e. The lowest BCUT2D eigenvalue weighted by atomic mass is 10.1. The van der Waals surface area contributed by atoms with Crippen LogP contribution in [0.2, 0.25) is 0 Å². The zero-order chi connectivity index (χ0) is 20.8. The number of nitrogens with zero attached hydrogens (tertiary/aromatic N) is 3. The molecule has 29 heavy (non-hydrogen) atoms. The quantitative estimate of drug-likeness (QED) is 0.481. The fourth-order valence-electron chi connectivity index (χ4n) is 3.60. The average Bonchev–Trinajstić information content (AvgIpc) is 3.11. The Bertz CT molecular complexity index is 929. The molecule has 0 aliphatic carbocycles. The number of nitrogens with one attached hydrogen (secondary N) is 1. The molecule has 4 N–H and O–H groups in total. The van der Waals surface area contributed by atoms with E-state index in [0.717, 1.165) is 40.9 Å². The SMILES string of the molecule is CCC[C@@H](CCO)Nc1nc(N)nc2ccn(Cc3c(OC)cccc3OC)c12. The van der Waals surface area contributed by atoms with E-state index in [4.69, 9.17) is 15.2 Å². The summed E-state index contributed by atoms with van der Waals surface area (Å²) in [7, 11) is 3.29. The van der Waals surface area contributed by atoms with Crippen molar-refractivity contribution in [1.82, 2.24) is 14.5 Å². The third kappa shape index (κ3) is 4.54. The van der Waals surface area contributed by atoms with Crippen molar-refractivity contribution in [2.75, 3.05) is 31.9 Å². The van der Waals surface area contributed by atoms with Gasteiger partial charge < -0.3 is 30.2 Å². The molecule has 0 spiro atoms. The summed E-state index contributed by atoms with van der Waals surface area (Å²) in [5.41, 5.74) is 8.48. The first-order chi connectivity index (χ1) is 14.1. The zero-order valence-electron chi connectivity index (χ0n) is 17.2. The Morgan fingerprint density at radius 3 is 2.48 bits per heavy atom. The van der Waals surface area contributed by atoms with Gasteiger partial charge in [0, 0.05) is 18.8 Å². The largest absolute Gasteiger partial charge is 0.496 e. The molecule has 2 aromatic heterocycles. The fourth-order valence-corrected chi connectivity index (χ4v) is 3.60. The van der Waals surface area contributed by atoms with E-state index in [9.17, 15) is 5.11 Å². The number of anilines is 2. The second-order valence-electron chi connectivity index (χ2n) is 6.89. The van der Waals surface area contributed by atoms with Crippen LogP contribution < -0.4 is 20.5 Å². The standard InChI is InChI=1S/C21H29N5O3/c1-4-6-14(10-12-27)23-20-19-16(24-21(22)25-20)9-11-26(19)13-15-17(28-2)7-5-8-18(15)29-3/h5,7-9,11,14,27H,4,6,10,12-13H2,1-3H3,(H3,22,23,24,25)/t14-/m0/s1. The van der Waals surface area contributed by atoms with Crippen molar-refractivity contribution in [1.29, 1.82) is 0 Å². The third-order valence-corrected chi connectivity index (χ3v) is 4.94. The first-order valence-electron chi connectivity index (χ1n) is 9.80. The normalized spacial score (nSPS) is 12.1. The number of aromatic nitrogens is 3. The van der Waals surface area contributed by atoms with Gasteiger partial charge in [-0.2, -0.15) is 4.98 Å². The summed E-state index contributed by atoms with van der Waals surface area (Å²) in [5, 5.41) is 12.9. The molecule has 1 atom stereocenters. The molecule has 156 valence electrons. The summed E-state index contributed by atoms with van der Waals surface area (Å²) < 4.78 is 13.1. The van der Waals surface area contributed by atoms with Crippen molar-refractivity contribution < 1.29 is 14.6 Å². The van der Waals surface area contributed by atoms with Crippen LogP contribution in [0.5, 0.6) is 11.5 Å². The molecule has 0 aliphatic rings. The molecule has 0 unspecified atom stereocenters. The van der Waals surface area contributed by atoms with Crippen LogP contribution in [0.25, 0.3) is 11.0 Å². The topological polar surface area (TPSA) is 107 Å². The number of nitrogen functional groups attached to an aromatic ring is 1. The summed E-state index contributed by atoms with van der Waals surface area (Å²) in [5.74, 6) is 2.38. The van der Waals surface area contributed by atoms with Crippen LogP contribution in [0.15, 0.2) is 30.5 Å². The fraction of sp³-hybridized carbons (Fsp3) is 0.429. The molecule has 2 heterocycles. The minimum absolute atomic E-state index is 0.103. The van der Waals surface area contributed by atoms with Gasteiger partial charge in [0.25, 0.3) is 0 Å². The Kier molecular flexibility index (Phi) is 6.77. The molecular weight excluding hydrogens is 370 g/mol. The number of methoxy groups -OCH3 is 2. The van der Waals surface area contributed by atoms with Crippen molar-refractivity contribution in [3.63, 3.8) is 0 Å². The monoisotopic (exact) mass is 399 g/mol. The number of hydrogen-bond acceptors (Lipinski definition) is 7. The Morgan fingerprint density at radius 2 is 1.86 bits per heavy atom. The van der Waals surface area contributed by atoms with Gasteiger partial charge in [0.05, 0.1) is 31.8 Å². The average molecular weight is 399 g/mol. The van der Waals surface area contributed by atoms with Gasteiger partial charge >= 0.3 is 0 Å². The minimum atomic E-state index is 0.103. The highest BCUT2D eigenvalue weighted by molar-refractivity contribution is 5.87. The van der Waals surface area contributed by atoms with E-state index in [2.05, 4.69) is 26.8 Å². The number of rotatable bonds is 10. The van der Waals surface area contributed by atoms with Crippen LogP contribution in [-0.4, -0.2) is 46.5 Å². The third-order valence-electron chi connectivity index (χ3n) is 4.94. The molecule has 1 aromatic carbocycles. The van der Waals surface area contributed by atoms with Crippen molar-refractivity contribution in [2.45, 2.75) is 38.8 Å². The van der Waals surface area contributed by atoms with Crippen molar-refractivity contribution >= 4 is 22.8 Å². The van der Waals surface area contributed by atoms with Crippen LogP contribution in [-0.2, 0) is 6.54 Å².